The molecule has 1 aromatic rings. The number of carbonyl (C=O) groups is 2. The largest absolute Gasteiger partial charge is 0.356 e. The lowest BCUT2D eigenvalue weighted by atomic mass is 10.4. The summed E-state index contributed by atoms with van der Waals surface area (Å²) in [6.07, 6.45) is 1.48. The molecule has 0 saturated carbocycles. The fourth-order valence-electron chi connectivity index (χ4n) is 0.711. The number of aromatic nitrogens is 1. The highest BCUT2D eigenvalue weighted by molar-refractivity contribution is 6.30. The molecule has 6 heteroatoms. The molecule has 0 aliphatic heterocycles. The number of H-pyrrole nitrogens is 1. The van der Waals surface area contributed by atoms with Gasteiger partial charge in [0.05, 0.1) is 5.02 Å². The Labute approximate surface area is 79.4 Å². The summed E-state index contributed by atoms with van der Waals surface area (Å²) in [5, 5.41) is 0.438. The molecule has 70 valence electrons. The molecule has 0 fully saturated rings. The number of amides is 2. The van der Waals surface area contributed by atoms with Gasteiger partial charge in [-0.15, -0.1) is 0 Å². The van der Waals surface area contributed by atoms with Crippen LogP contribution in [-0.2, 0) is 4.79 Å². The number of hydrogen-bond acceptors (Lipinski definition) is 2. The number of hydrogen-bond donors (Lipinski definition) is 3. The second-order valence-corrected chi connectivity index (χ2v) is 2.80. The normalized spacial score (nSPS) is 9.38. The quantitative estimate of drug-likeness (QED) is 0.577. The van der Waals surface area contributed by atoms with Crippen molar-refractivity contribution in [2.45, 2.75) is 6.92 Å². The molecule has 13 heavy (non-hydrogen) atoms. The Hall–Kier alpha value is -1.49. The van der Waals surface area contributed by atoms with Crippen molar-refractivity contribution in [3.63, 3.8) is 0 Å². The molecule has 1 rings (SSSR count). The Balaban J connectivity index is 2.54. The van der Waals surface area contributed by atoms with Gasteiger partial charge in [0.2, 0.25) is 5.91 Å². The third-order valence-corrected chi connectivity index (χ3v) is 1.46. The van der Waals surface area contributed by atoms with Gasteiger partial charge in [0.15, 0.2) is 0 Å². The molecule has 5 nitrogen and oxygen atoms in total. The lowest BCUT2D eigenvalue weighted by Crippen LogP contribution is -2.40. The smallest absolute Gasteiger partial charge is 0.286 e. The minimum absolute atomic E-state index is 0.291. The summed E-state index contributed by atoms with van der Waals surface area (Å²) in [6.45, 7) is 1.29. The summed E-state index contributed by atoms with van der Waals surface area (Å²) in [7, 11) is 0. The SMILES string of the molecule is CC(=O)NNC(=O)c1cc(Cl)c[nH]1. The van der Waals surface area contributed by atoms with E-state index in [0.29, 0.717) is 10.7 Å². The highest BCUT2D eigenvalue weighted by Gasteiger charge is 2.06. The van der Waals surface area contributed by atoms with Gasteiger partial charge in [0, 0.05) is 13.1 Å². The molecule has 0 bridgehead atoms. The molecule has 0 radical (unpaired) electrons. The molecule has 0 saturated heterocycles. The molecular weight excluding hydrogens is 194 g/mol. The summed E-state index contributed by atoms with van der Waals surface area (Å²) in [4.78, 5) is 24.2. The maximum absolute atomic E-state index is 11.1. The van der Waals surface area contributed by atoms with Crippen LogP contribution in [0.3, 0.4) is 0 Å². The van der Waals surface area contributed by atoms with Crippen LogP contribution in [0.25, 0.3) is 0 Å². The van der Waals surface area contributed by atoms with E-state index in [-0.39, 0.29) is 5.91 Å². The van der Waals surface area contributed by atoms with Crippen LogP contribution in [0, 0.1) is 0 Å². The highest BCUT2D eigenvalue weighted by atomic mass is 35.5. The van der Waals surface area contributed by atoms with Crippen LogP contribution in [0.1, 0.15) is 17.4 Å². The van der Waals surface area contributed by atoms with Crippen molar-refractivity contribution in [1.82, 2.24) is 15.8 Å². The number of hydrazine groups is 1. The molecule has 2 amide bonds. The Morgan fingerprint density at radius 1 is 1.46 bits per heavy atom. The molecule has 3 N–H and O–H groups in total. The van der Waals surface area contributed by atoms with Gasteiger partial charge in [-0.25, -0.2) is 0 Å². The fraction of sp³-hybridized carbons (Fsp3) is 0.143. The topological polar surface area (TPSA) is 74.0 Å². The van der Waals surface area contributed by atoms with Gasteiger partial charge in [-0.1, -0.05) is 11.6 Å². The zero-order valence-corrected chi connectivity index (χ0v) is 7.61. The van der Waals surface area contributed by atoms with E-state index in [0.717, 1.165) is 0 Å². The van der Waals surface area contributed by atoms with Gasteiger partial charge in [-0.2, -0.15) is 0 Å². The number of carbonyl (C=O) groups excluding carboxylic acids is 2. The minimum Gasteiger partial charge on any atom is -0.356 e. The summed E-state index contributed by atoms with van der Waals surface area (Å²) in [6, 6.07) is 1.46. The summed E-state index contributed by atoms with van der Waals surface area (Å²) in [5.74, 6) is -0.784. The van der Waals surface area contributed by atoms with Gasteiger partial charge in [-0.05, 0) is 6.07 Å². The third kappa shape index (κ3) is 2.79. The number of halogens is 1. The van der Waals surface area contributed by atoms with Crippen LogP contribution in [0.2, 0.25) is 5.02 Å². The van der Waals surface area contributed by atoms with Crippen molar-refractivity contribution in [2.24, 2.45) is 0 Å². The van der Waals surface area contributed by atoms with E-state index >= 15 is 0 Å². The monoisotopic (exact) mass is 201 g/mol. The fourth-order valence-corrected chi connectivity index (χ4v) is 0.875. The van der Waals surface area contributed by atoms with Crippen molar-refractivity contribution in [1.29, 1.82) is 0 Å². The van der Waals surface area contributed by atoms with Crippen LogP contribution in [-0.4, -0.2) is 16.8 Å². The second kappa shape index (κ2) is 3.95. The third-order valence-electron chi connectivity index (χ3n) is 1.24. The maximum Gasteiger partial charge on any atom is 0.286 e. The molecule has 1 heterocycles. The van der Waals surface area contributed by atoms with Crippen LogP contribution < -0.4 is 10.9 Å². The van der Waals surface area contributed by atoms with Crippen LogP contribution in [0.5, 0.6) is 0 Å². The lowest BCUT2D eigenvalue weighted by molar-refractivity contribution is -0.119. The predicted molar refractivity (Wildman–Crippen MR) is 47.1 cm³/mol. The maximum atomic E-state index is 11.1. The van der Waals surface area contributed by atoms with Crippen LogP contribution in [0.4, 0.5) is 0 Å². The van der Waals surface area contributed by atoms with Gasteiger partial charge in [0.25, 0.3) is 5.91 Å². The van der Waals surface area contributed by atoms with Crippen molar-refractivity contribution in [3.8, 4) is 0 Å². The second-order valence-electron chi connectivity index (χ2n) is 2.37. The first-order chi connectivity index (χ1) is 6.09. The van der Waals surface area contributed by atoms with E-state index in [4.69, 9.17) is 11.6 Å². The van der Waals surface area contributed by atoms with Crippen molar-refractivity contribution >= 4 is 23.4 Å². The van der Waals surface area contributed by atoms with Crippen molar-refractivity contribution in [3.05, 3.63) is 23.0 Å². The van der Waals surface area contributed by atoms with Gasteiger partial charge < -0.3 is 4.98 Å². The van der Waals surface area contributed by atoms with E-state index in [1.807, 2.05) is 0 Å². The molecule has 0 unspecified atom stereocenters. The van der Waals surface area contributed by atoms with Crippen molar-refractivity contribution in [2.75, 3.05) is 0 Å². The van der Waals surface area contributed by atoms with E-state index in [9.17, 15) is 9.59 Å². The van der Waals surface area contributed by atoms with Crippen LogP contribution >= 0.6 is 11.6 Å². The zero-order valence-electron chi connectivity index (χ0n) is 6.85. The predicted octanol–water partition coefficient (Wildman–Crippen LogP) is 0.449. The number of rotatable bonds is 1. The Bertz CT molecular complexity index is 334. The van der Waals surface area contributed by atoms with E-state index in [1.54, 1.807) is 0 Å². The summed E-state index contributed by atoms with van der Waals surface area (Å²) < 4.78 is 0. The first-order valence-corrected chi connectivity index (χ1v) is 3.88. The first-order valence-electron chi connectivity index (χ1n) is 3.50. The molecule has 0 atom stereocenters. The molecule has 0 aromatic carbocycles. The average molecular weight is 202 g/mol. The van der Waals surface area contributed by atoms with Gasteiger partial charge in [0.1, 0.15) is 5.69 Å². The molecule has 0 aliphatic rings. The number of aromatic amines is 1. The number of nitrogens with one attached hydrogen (secondary N) is 3. The lowest BCUT2D eigenvalue weighted by Gasteiger charge is -2.01. The minimum atomic E-state index is -0.442. The summed E-state index contributed by atoms with van der Waals surface area (Å²) >= 11 is 5.57. The molecular formula is C7H8ClN3O2. The Morgan fingerprint density at radius 3 is 2.62 bits per heavy atom. The van der Waals surface area contributed by atoms with Crippen LogP contribution in [0.15, 0.2) is 12.3 Å². The van der Waals surface area contributed by atoms with E-state index in [1.165, 1.54) is 19.2 Å². The standard InChI is InChI=1S/C7H8ClN3O2/c1-4(12)10-11-7(13)6-2-5(8)3-9-6/h2-3,9H,1H3,(H,10,12)(H,11,13). The zero-order chi connectivity index (χ0) is 9.84. The summed E-state index contributed by atoms with van der Waals surface area (Å²) in [5.41, 5.74) is 4.63. The van der Waals surface area contributed by atoms with Crippen molar-refractivity contribution < 1.29 is 9.59 Å². The Kier molecular flexibility index (Phi) is 2.92. The van der Waals surface area contributed by atoms with Gasteiger partial charge in [-0.3, -0.25) is 20.4 Å². The Morgan fingerprint density at radius 2 is 2.15 bits per heavy atom. The van der Waals surface area contributed by atoms with Gasteiger partial charge >= 0.3 is 0 Å². The first kappa shape index (κ1) is 9.60. The van der Waals surface area contributed by atoms with E-state index in [2.05, 4.69) is 15.8 Å². The highest BCUT2D eigenvalue weighted by Crippen LogP contribution is 2.08. The van der Waals surface area contributed by atoms with E-state index < -0.39 is 5.91 Å². The molecule has 0 aliphatic carbocycles. The molecule has 0 spiro atoms. The average Bonchev–Trinajstić information content (AvgIpc) is 2.47. The molecule has 1 aromatic heterocycles.